The molecule has 1 N–H and O–H groups in total. The predicted molar refractivity (Wildman–Crippen MR) is 107 cm³/mol. The minimum Gasteiger partial charge on any atom is -0.478 e. The molecule has 0 radical (unpaired) electrons. The fourth-order valence-electron chi connectivity index (χ4n) is 3.60. The van der Waals surface area contributed by atoms with Crippen LogP contribution in [0.4, 0.5) is 0 Å². The van der Waals surface area contributed by atoms with Crippen molar-refractivity contribution in [2.75, 3.05) is 0 Å². The maximum atomic E-state index is 13.2. The van der Waals surface area contributed by atoms with Crippen LogP contribution in [0.5, 0.6) is 0 Å². The highest BCUT2D eigenvalue weighted by atomic mass is 32.2. The third kappa shape index (κ3) is 2.63. The standard InChI is InChI=1S/C21H18N2O4S/c1-14-17(21(24)25)12-22(2)20(14)18-13-23(19-11-7-6-10-16(18)19)28(26,27)15-8-4-3-5-9-15/h3-13H,1-2H3,(H,24,25). The molecule has 4 rings (SSSR count). The molecular weight excluding hydrogens is 376 g/mol. The number of para-hydroxylation sites is 1. The lowest BCUT2D eigenvalue weighted by Gasteiger charge is -2.07. The van der Waals surface area contributed by atoms with Crippen LogP contribution in [0, 0.1) is 6.92 Å². The lowest BCUT2D eigenvalue weighted by atomic mass is 10.1. The van der Waals surface area contributed by atoms with Crippen molar-refractivity contribution in [3.05, 3.63) is 78.1 Å². The molecule has 0 fully saturated rings. The first-order chi connectivity index (χ1) is 13.3. The molecule has 0 saturated heterocycles. The van der Waals surface area contributed by atoms with E-state index >= 15 is 0 Å². The molecule has 2 aromatic carbocycles. The number of hydrogen-bond acceptors (Lipinski definition) is 3. The van der Waals surface area contributed by atoms with E-state index in [4.69, 9.17) is 0 Å². The molecule has 2 aromatic heterocycles. The Morgan fingerprint density at radius 3 is 2.25 bits per heavy atom. The molecule has 0 spiro atoms. The smallest absolute Gasteiger partial charge is 0.337 e. The first-order valence-electron chi connectivity index (χ1n) is 8.62. The summed E-state index contributed by atoms with van der Waals surface area (Å²) in [5, 5.41) is 10.2. The van der Waals surface area contributed by atoms with Crippen molar-refractivity contribution in [3.63, 3.8) is 0 Å². The zero-order chi connectivity index (χ0) is 20.1. The van der Waals surface area contributed by atoms with E-state index in [0.717, 1.165) is 5.39 Å². The maximum Gasteiger partial charge on any atom is 0.337 e. The first-order valence-corrected chi connectivity index (χ1v) is 10.1. The van der Waals surface area contributed by atoms with Crippen molar-refractivity contribution < 1.29 is 18.3 Å². The highest BCUT2D eigenvalue weighted by molar-refractivity contribution is 7.90. The van der Waals surface area contributed by atoms with Gasteiger partial charge in [-0.05, 0) is 30.7 Å². The number of carboxylic acids is 1. The summed E-state index contributed by atoms with van der Waals surface area (Å²) in [5.74, 6) is -1.01. The highest BCUT2D eigenvalue weighted by Gasteiger charge is 2.24. The molecule has 0 atom stereocenters. The number of aromatic nitrogens is 2. The average Bonchev–Trinajstić information content (AvgIpc) is 3.20. The van der Waals surface area contributed by atoms with Crippen LogP contribution in [0.3, 0.4) is 0 Å². The first kappa shape index (κ1) is 18.1. The normalized spacial score (nSPS) is 11.8. The van der Waals surface area contributed by atoms with E-state index in [1.54, 1.807) is 73.4 Å². The van der Waals surface area contributed by atoms with Crippen LogP contribution in [0.25, 0.3) is 22.2 Å². The molecule has 28 heavy (non-hydrogen) atoms. The number of fused-ring (bicyclic) bond motifs is 1. The molecular formula is C21H18N2O4S. The van der Waals surface area contributed by atoms with Gasteiger partial charge in [-0.3, -0.25) is 0 Å². The second kappa shape index (κ2) is 6.38. The number of carbonyl (C=O) groups is 1. The van der Waals surface area contributed by atoms with E-state index in [1.807, 2.05) is 12.1 Å². The molecule has 142 valence electrons. The number of rotatable bonds is 4. The molecule has 0 saturated carbocycles. The van der Waals surface area contributed by atoms with Crippen LogP contribution in [0.2, 0.25) is 0 Å². The number of nitrogens with zero attached hydrogens (tertiary/aromatic N) is 2. The van der Waals surface area contributed by atoms with Crippen molar-refractivity contribution in [3.8, 4) is 11.3 Å². The number of aryl methyl sites for hydroxylation is 1. The average molecular weight is 394 g/mol. The van der Waals surface area contributed by atoms with E-state index in [9.17, 15) is 18.3 Å². The summed E-state index contributed by atoms with van der Waals surface area (Å²) in [5.41, 5.74) is 2.67. The van der Waals surface area contributed by atoms with Crippen LogP contribution in [-0.2, 0) is 17.1 Å². The Morgan fingerprint density at radius 1 is 0.964 bits per heavy atom. The fourth-order valence-corrected chi connectivity index (χ4v) is 4.99. The van der Waals surface area contributed by atoms with E-state index in [0.29, 0.717) is 22.3 Å². The molecule has 0 unspecified atom stereocenters. The number of benzene rings is 2. The Morgan fingerprint density at radius 2 is 1.61 bits per heavy atom. The molecule has 2 heterocycles. The second-order valence-electron chi connectivity index (χ2n) is 6.61. The summed E-state index contributed by atoms with van der Waals surface area (Å²) < 4.78 is 29.5. The SMILES string of the molecule is Cc1c(C(=O)O)cn(C)c1-c1cn(S(=O)(=O)c2ccccc2)c2ccccc12. The van der Waals surface area contributed by atoms with Gasteiger partial charge in [0.25, 0.3) is 10.0 Å². The number of aromatic carboxylic acids is 1. The Hall–Kier alpha value is -3.32. The van der Waals surface area contributed by atoms with Gasteiger partial charge in [-0.2, -0.15) is 0 Å². The van der Waals surface area contributed by atoms with Gasteiger partial charge in [0, 0.05) is 30.4 Å². The zero-order valence-electron chi connectivity index (χ0n) is 15.3. The van der Waals surface area contributed by atoms with E-state index in [-0.39, 0.29) is 10.5 Å². The van der Waals surface area contributed by atoms with Gasteiger partial charge in [0.05, 0.1) is 21.7 Å². The number of hydrogen-bond donors (Lipinski definition) is 1. The largest absolute Gasteiger partial charge is 0.478 e. The number of carboxylic acid groups (broad SMARTS) is 1. The van der Waals surface area contributed by atoms with Gasteiger partial charge in [-0.25, -0.2) is 17.2 Å². The van der Waals surface area contributed by atoms with Crippen LogP contribution in [0.1, 0.15) is 15.9 Å². The van der Waals surface area contributed by atoms with Crippen molar-refractivity contribution >= 4 is 26.9 Å². The van der Waals surface area contributed by atoms with Crippen LogP contribution >= 0.6 is 0 Å². The monoisotopic (exact) mass is 394 g/mol. The summed E-state index contributed by atoms with van der Waals surface area (Å²) in [6, 6.07) is 15.4. The lowest BCUT2D eigenvalue weighted by Crippen LogP contribution is -2.11. The van der Waals surface area contributed by atoms with Gasteiger partial charge in [0.15, 0.2) is 0 Å². The summed E-state index contributed by atoms with van der Waals surface area (Å²) in [6.07, 6.45) is 3.12. The summed E-state index contributed by atoms with van der Waals surface area (Å²) in [7, 11) is -2.04. The Balaban J connectivity index is 2.04. The minimum absolute atomic E-state index is 0.192. The van der Waals surface area contributed by atoms with Crippen LogP contribution in [-0.4, -0.2) is 28.0 Å². The zero-order valence-corrected chi connectivity index (χ0v) is 16.1. The lowest BCUT2D eigenvalue weighted by molar-refractivity contribution is 0.0696. The molecule has 6 nitrogen and oxygen atoms in total. The van der Waals surface area contributed by atoms with Crippen molar-refractivity contribution in [1.29, 1.82) is 0 Å². The molecule has 7 heteroatoms. The van der Waals surface area contributed by atoms with E-state index in [1.165, 1.54) is 3.97 Å². The molecule has 0 aliphatic carbocycles. The topological polar surface area (TPSA) is 81.3 Å². The van der Waals surface area contributed by atoms with Gasteiger partial charge in [0.1, 0.15) is 0 Å². The molecule has 4 aromatic rings. The third-order valence-corrected chi connectivity index (χ3v) is 6.59. The van der Waals surface area contributed by atoms with E-state index in [2.05, 4.69) is 0 Å². The maximum absolute atomic E-state index is 13.2. The van der Waals surface area contributed by atoms with Crippen molar-refractivity contribution in [2.45, 2.75) is 11.8 Å². The molecule has 0 aliphatic heterocycles. The van der Waals surface area contributed by atoms with Crippen molar-refractivity contribution in [2.24, 2.45) is 7.05 Å². The Kier molecular flexibility index (Phi) is 4.12. The molecule has 0 amide bonds. The van der Waals surface area contributed by atoms with Gasteiger partial charge in [-0.1, -0.05) is 36.4 Å². The quantitative estimate of drug-likeness (QED) is 0.569. The summed E-state index contributed by atoms with van der Waals surface area (Å²) >= 11 is 0. The minimum atomic E-state index is -3.80. The molecule has 0 bridgehead atoms. The van der Waals surface area contributed by atoms with Gasteiger partial charge in [-0.15, -0.1) is 0 Å². The molecule has 0 aliphatic rings. The van der Waals surface area contributed by atoms with Gasteiger partial charge < -0.3 is 9.67 Å². The Bertz CT molecular complexity index is 1320. The second-order valence-corrected chi connectivity index (χ2v) is 8.42. The van der Waals surface area contributed by atoms with Gasteiger partial charge >= 0.3 is 5.97 Å². The van der Waals surface area contributed by atoms with Crippen LogP contribution < -0.4 is 0 Å². The highest BCUT2D eigenvalue weighted by Crippen LogP contribution is 2.36. The summed E-state index contributed by atoms with van der Waals surface area (Å²) in [4.78, 5) is 11.7. The van der Waals surface area contributed by atoms with E-state index < -0.39 is 16.0 Å². The summed E-state index contributed by atoms with van der Waals surface area (Å²) in [6.45, 7) is 1.73. The predicted octanol–water partition coefficient (Wildman–Crippen LogP) is 3.89. The Labute approximate surface area is 162 Å². The van der Waals surface area contributed by atoms with Gasteiger partial charge in [0.2, 0.25) is 0 Å². The van der Waals surface area contributed by atoms with Crippen molar-refractivity contribution in [1.82, 2.24) is 8.54 Å². The fraction of sp³-hybridized carbons (Fsp3) is 0.0952. The third-order valence-electron chi connectivity index (χ3n) is 4.90. The van der Waals surface area contributed by atoms with Crippen LogP contribution in [0.15, 0.2) is 71.9 Å².